The average molecular weight is 335 g/mol. The van der Waals surface area contributed by atoms with Gasteiger partial charge in [-0.2, -0.15) is 5.26 Å². The molecule has 0 fully saturated rings. The monoisotopic (exact) mass is 335 g/mol. The van der Waals surface area contributed by atoms with E-state index in [0.717, 1.165) is 5.56 Å². The van der Waals surface area contributed by atoms with E-state index in [0.29, 0.717) is 43.4 Å². The molecule has 0 aliphatic carbocycles. The zero-order valence-electron chi connectivity index (χ0n) is 14.3. The second-order valence-electron chi connectivity index (χ2n) is 5.02. The van der Waals surface area contributed by atoms with Crippen LogP contribution in [0.1, 0.15) is 49.2 Å². The minimum Gasteiger partial charge on any atom is -0.374 e. The SMILES string of the molecule is CCO[Si](CCc1cc(C#N)ccc1C(C)=O)(OCC)OCC. The molecule has 0 bridgehead atoms. The number of nitriles is 1. The Hall–Kier alpha value is -1.52. The van der Waals surface area contributed by atoms with Crippen molar-refractivity contribution in [2.45, 2.75) is 40.2 Å². The first kappa shape index (κ1) is 19.5. The summed E-state index contributed by atoms with van der Waals surface area (Å²) in [4.78, 5) is 11.8. The lowest BCUT2D eigenvalue weighted by Gasteiger charge is -2.28. The fraction of sp³-hybridized carbons (Fsp3) is 0.529. The van der Waals surface area contributed by atoms with Crippen molar-refractivity contribution >= 4 is 14.6 Å². The maximum Gasteiger partial charge on any atom is 0.501 e. The van der Waals surface area contributed by atoms with Crippen molar-refractivity contribution in [1.29, 1.82) is 5.26 Å². The van der Waals surface area contributed by atoms with Crippen LogP contribution in [0.3, 0.4) is 0 Å². The van der Waals surface area contributed by atoms with Gasteiger partial charge >= 0.3 is 8.80 Å². The van der Waals surface area contributed by atoms with Crippen LogP contribution in [0.5, 0.6) is 0 Å². The van der Waals surface area contributed by atoms with Gasteiger partial charge in [0.05, 0.1) is 11.6 Å². The fourth-order valence-electron chi connectivity index (χ4n) is 2.50. The molecule has 0 saturated carbocycles. The van der Waals surface area contributed by atoms with Crippen LogP contribution in [-0.2, 0) is 19.7 Å². The van der Waals surface area contributed by atoms with Crippen molar-refractivity contribution < 1.29 is 18.1 Å². The quantitative estimate of drug-likeness (QED) is 0.484. The zero-order chi connectivity index (χ0) is 17.3. The lowest BCUT2D eigenvalue weighted by molar-refractivity contribution is 0.0713. The molecule has 126 valence electrons. The summed E-state index contributed by atoms with van der Waals surface area (Å²) in [6.07, 6.45) is 0.580. The maximum atomic E-state index is 11.8. The van der Waals surface area contributed by atoms with Gasteiger partial charge in [-0.3, -0.25) is 4.79 Å². The van der Waals surface area contributed by atoms with Crippen LogP contribution in [0.2, 0.25) is 6.04 Å². The number of Topliss-reactive ketones (excluding diaryl/α,β-unsaturated/α-hetero) is 1. The molecule has 0 aliphatic heterocycles. The van der Waals surface area contributed by atoms with Crippen molar-refractivity contribution in [3.05, 3.63) is 34.9 Å². The molecule has 0 N–H and O–H groups in total. The summed E-state index contributed by atoms with van der Waals surface area (Å²) < 4.78 is 17.5. The summed E-state index contributed by atoms with van der Waals surface area (Å²) in [6, 6.07) is 7.83. The number of ketones is 1. The second kappa shape index (κ2) is 9.58. The summed E-state index contributed by atoms with van der Waals surface area (Å²) >= 11 is 0. The largest absolute Gasteiger partial charge is 0.501 e. The lowest BCUT2D eigenvalue weighted by Crippen LogP contribution is -2.46. The van der Waals surface area contributed by atoms with E-state index in [9.17, 15) is 4.79 Å². The van der Waals surface area contributed by atoms with Crippen molar-refractivity contribution in [3.8, 4) is 6.07 Å². The van der Waals surface area contributed by atoms with Crippen LogP contribution < -0.4 is 0 Å². The minimum atomic E-state index is -2.76. The molecule has 23 heavy (non-hydrogen) atoms. The first-order valence-corrected chi connectivity index (χ1v) is 9.90. The van der Waals surface area contributed by atoms with Gasteiger partial charge in [-0.05, 0) is 57.9 Å². The Balaban J connectivity index is 3.04. The predicted molar refractivity (Wildman–Crippen MR) is 90.3 cm³/mol. The summed E-state index contributed by atoms with van der Waals surface area (Å²) in [5, 5.41) is 9.07. The highest BCUT2D eigenvalue weighted by Gasteiger charge is 2.40. The molecule has 0 atom stereocenters. The molecular weight excluding hydrogens is 310 g/mol. The molecule has 1 rings (SSSR count). The normalized spacial score (nSPS) is 11.3. The fourth-order valence-corrected chi connectivity index (χ4v) is 5.08. The first-order chi connectivity index (χ1) is 11.0. The van der Waals surface area contributed by atoms with Crippen molar-refractivity contribution in [2.75, 3.05) is 19.8 Å². The summed E-state index contributed by atoms with van der Waals surface area (Å²) in [5.41, 5.74) is 2.02. The summed E-state index contributed by atoms with van der Waals surface area (Å²) in [5.74, 6) is -0.0130. The first-order valence-electron chi connectivity index (χ1n) is 7.97. The smallest absolute Gasteiger partial charge is 0.374 e. The molecule has 6 heteroatoms. The highest BCUT2D eigenvalue weighted by molar-refractivity contribution is 6.60. The highest BCUT2D eigenvalue weighted by atomic mass is 28.4. The summed E-state index contributed by atoms with van der Waals surface area (Å²) in [7, 11) is -2.76. The van der Waals surface area contributed by atoms with E-state index < -0.39 is 8.80 Å². The average Bonchev–Trinajstić information content (AvgIpc) is 2.53. The van der Waals surface area contributed by atoms with Crippen LogP contribution in [0.4, 0.5) is 0 Å². The van der Waals surface area contributed by atoms with Crippen LogP contribution in [-0.4, -0.2) is 34.4 Å². The number of carbonyl (C=O) groups is 1. The molecule has 0 saturated heterocycles. The van der Waals surface area contributed by atoms with E-state index in [1.807, 2.05) is 20.8 Å². The minimum absolute atomic E-state index is 0.0130. The Kier molecular flexibility index (Phi) is 8.13. The second-order valence-corrected chi connectivity index (χ2v) is 7.75. The van der Waals surface area contributed by atoms with Gasteiger partial charge in [0.1, 0.15) is 0 Å². The lowest BCUT2D eigenvalue weighted by atomic mass is 10.00. The van der Waals surface area contributed by atoms with E-state index >= 15 is 0 Å². The molecule has 1 aromatic rings. The van der Waals surface area contributed by atoms with Gasteiger partial charge in [0, 0.05) is 31.4 Å². The molecule has 1 aromatic carbocycles. The van der Waals surface area contributed by atoms with Gasteiger partial charge in [0.25, 0.3) is 0 Å². The van der Waals surface area contributed by atoms with Crippen LogP contribution in [0, 0.1) is 11.3 Å². The Morgan fingerprint density at radius 1 is 1.13 bits per heavy atom. The standard InChI is InChI=1S/C17H25NO4Si/c1-5-20-23(21-6-2,22-7-3)11-10-16-12-15(13-18)8-9-17(16)14(4)19/h8-9,12H,5-7,10-11H2,1-4H3. The number of rotatable bonds is 10. The number of aryl methyl sites for hydroxylation is 1. The number of carbonyl (C=O) groups excluding carboxylic acids is 1. The van der Waals surface area contributed by atoms with Gasteiger partial charge in [-0.1, -0.05) is 0 Å². The van der Waals surface area contributed by atoms with Gasteiger partial charge in [0.2, 0.25) is 0 Å². The Morgan fingerprint density at radius 2 is 1.70 bits per heavy atom. The maximum absolute atomic E-state index is 11.8. The molecule has 0 aromatic heterocycles. The molecule has 0 radical (unpaired) electrons. The number of hydrogen-bond donors (Lipinski definition) is 0. The van der Waals surface area contributed by atoms with E-state index in [1.165, 1.54) is 6.92 Å². The van der Waals surface area contributed by atoms with Crippen molar-refractivity contribution in [3.63, 3.8) is 0 Å². The predicted octanol–water partition coefficient (Wildman–Crippen LogP) is 3.35. The number of benzene rings is 1. The van der Waals surface area contributed by atoms with Crippen molar-refractivity contribution in [2.24, 2.45) is 0 Å². The molecule has 5 nitrogen and oxygen atoms in total. The highest BCUT2D eigenvalue weighted by Crippen LogP contribution is 2.22. The van der Waals surface area contributed by atoms with E-state index in [1.54, 1.807) is 18.2 Å². The molecule has 0 aliphatic rings. The number of nitrogens with zero attached hydrogens (tertiary/aromatic N) is 1. The van der Waals surface area contributed by atoms with Crippen molar-refractivity contribution in [1.82, 2.24) is 0 Å². The van der Waals surface area contributed by atoms with Crippen LogP contribution in [0.25, 0.3) is 0 Å². The molecule has 0 unspecified atom stereocenters. The van der Waals surface area contributed by atoms with Crippen LogP contribution >= 0.6 is 0 Å². The summed E-state index contributed by atoms with van der Waals surface area (Å²) in [6.45, 7) is 8.83. The van der Waals surface area contributed by atoms with Gasteiger partial charge in [-0.15, -0.1) is 0 Å². The molecular formula is C17H25NO4Si. The van der Waals surface area contributed by atoms with Gasteiger partial charge in [0.15, 0.2) is 5.78 Å². The number of hydrogen-bond acceptors (Lipinski definition) is 5. The van der Waals surface area contributed by atoms with Gasteiger partial charge < -0.3 is 13.3 Å². The molecule has 0 amide bonds. The Bertz CT molecular complexity index is 551. The topological polar surface area (TPSA) is 68.5 Å². The van der Waals surface area contributed by atoms with E-state index in [4.69, 9.17) is 18.5 Å². The van der Waals surface area contributed by atoms with E-state index in [-0.39, 0.29) is 5.78 Å². The zero-order valence-corrected chi connectivity index (χ0v) is 15.3. The molecule has 0 heterocycles. The van der Waals surface area contributed by atoms with Crippen LogP contribution in [0.15, 0.2) is 18.2 Å². The third-order valence-electron chi connectivity index (χ3n) is 3.41. The third-order valence-corrected chi connectivity index (χ3v) is 6.45. The third kappa shape index (κ3) is 5.55. The van der Waals surface area contributed by atoms with Gasteiger partial charge in [-0.25, -0.2) is 0 Å². The molecule has 0 spiro atoms. The Labute approximate surface area is 139 Å². The van der Waals surface area contributed by atoms with E-state index in [2.05, 4.69) is 6.07 Å². The Morgan fingerprint density at radius 3 is 2.13 bits per heavy atom.